The van der Waals surface area contributed by atoms with Crippen molar-refractivity contribution in [3.63, 3.8) is 0 Å². The van der Waals surface area contributed by atoms with Crippen molar-refractivity contribution in [2.45, 2.75) is 38.1 Å². The molecule has 0 spiro atoms. The van der Waals surface area contributed by atoms with Gasteiger partial charge in [-0.1, -0.05) is 18.6 Å². The summed E-state index contributed by atoms with van der Waals surface area (Å²) in [6.45, 7) is 1.44. The second kappa shape index (κ2) is 7.10. The van der Waals surface area contributed by atoms with Gasteiger partial charge < -0.3 is 9.73 Å². The first-order chi connectivity index (χ1) is 15.5. The minimum Gasteiger partial charge on any atom is -0.455 e. The summed E-state index contributed by atoms with van der Waals surface area (Å²) in [5, 5.41) is 3.47. The third-order valence-corrected chi connectivity index (χ3v) is 6.81. The molecule has 2 aromatic carbocycles. The van der Waals surface area contributed by atoms with E-state index in [2.05, 4.69) is 5.32 Å². The number of pyridine rings is 1. The third-order valence-electron chi connectivity index (χ3n) is 6.81. The largest absolute Gasteiger partial charge is 0.455 e. The van der Waals surface area contributed by atoms with E-state index in [9.17, 15) is 18.4 Å². The summed E-state index contributed by atoms with van der Waals surface area (Å²) >= 11 is 0. The molecule has 0 atom stereocenters. The first-order valence-electron chi connectivity index (χ1n) is 10.9. The molecular formula is C25H20F2N2O3. The number of benzene rings is 2. The molecule has 3 heterocycles. The van der Waals surface area contributed by atoms with Gasteiger partial charge in [0, 0.05) is 23.9 Å². The average Bonchev–Trinajstić information content (AvgIpc) is 2.75. The number of hydrogen-bond donors (Lipinski definition) is 1. The maximum Gasteiger partial charge on any atom is 0.270 e. The minimum absolute atomic E-state index is 0.0159. The summed E-state index contributed by atoms with van der Waals surface area (Å²) in [6, 6.07) is 8.98. The topological polar surface area (TPSA) is 64.2 Å². The van der Waals surface area contributed by atoms with Gasteiger partial charge in [-0.3, -0.25) is 14.2 Å². The molecule has 162 valence electrons. The first-order valence-corrected chi connectivity index (χ1v) is 10.9. The van der Waals surface area contributed by atoms with Crippen LogP contribution in [0.15, 0.2) is 50.4 Å². The highest BCUT2D eigenvalue weighted by molar-refractivity contribution is 5.91. The average molecular weight is 434 g/mol. The predicted octanol–water partition coefficient (Wildman–Crippen LogP) is 4.29. The Balaban J connectivity index is 1.74. The Kier molecular flexibility index (Phi) is 4.30. The van der Waals surface area contributed by atoms with Crippen molar-refractivity contribution >= 4 is 21.9 Å². The van der Waals surface area contributed by atoms with Gasteiger partial charge in [0.25, 0.3) is 5.56 Å². The molecule has 1 fully saturated rings. The van der Waals surface area contributed by atoms with Crippen molar-refractivity contribution in [2.75, 3.05) is 6.54 Å². The molecule has 5 nitrogen and oxygen atoms in total. The lowest BCUT2D eigenvalue weighted by molar-refractivity contribution is 0.402. The summed E-state index contributed by atoms with van der Waals surface area (Å²) in [4.78, 5) is 27.0. The summed E-state index contributed by atoms with van der Waals surface area (Å²) in [5.41, 5.74) is 1.95. The Labute approximate surface area is 181 Å². The standard InChI is InChI=1S/C25H20F2N2O3/c26-17-5-2-6-18(22(17)27)29-19(14-3-1-4-14)11-20-21(25(29)31)23(30)15-8-7-13-9-10-28-12-16(13)24(15)32-20/h2,5-8,11,14,28H,1,3-4,9-10,12H2. The van der Waals surface area contributed by atoms with Crippen molar-refractivity contribution in [3.8, 4) is 5.69 Å². The van der Waals surface area contributed by atoms with Gasteiger partial charge in [0.05, 0.1) is 11.1 Å². The lowest BCUT2D eigenvalue weighted by Crippen LogP contribution is -2.30. The summed E-state index contributed by atoms with van der Waals surface area (Å²) in [5.74, 6) is -2.14. The van der Waals surface area contributed by atoms with Crippen LogP contribution in [-0.4, -0.2) is 11.1 Å². The molecule has 1 N–H and O–H groups in total. The summed E-state index contributed by atoms with van der Waals surface area (Å²) in [7, 11) is 0. The molecule has 1 aliphatic heterocycles. The van der Waals surface area contributed by atoms with Crippen molar-refractivity contribution in [2.24, 2.45) is 0 Å². The highest BCUT2D eigenvalue weighted by Crippen LogP contribution is 2.38. The predicted molar refractivity (Wildman–Crippen MR) is 118 cm³/mol. The van der Waals surface area contributed by atoms with Gasteiger partial charge in [-0.2, -0.15) is 0 Å². The molecule has 1 saturated carbocycles. The van der Waals surface area contributed by atoms with Crippen LogP contribution < -0.4 is 16.3 Å². The molecule has 0 amide bonds. The zero-order valence-electron chi connectivity index (χ0n) is 17.2. The number of nitrogens with zero attached hydrogens (tertiary/aromatic N) is 1. The Morgan fingerprint density at radius 3 is 2.72 bits per heavy atom. The lowest BCUT2D eigenvalue weighted by atomic mass is 9.82. The van der Waals surface area contributed by atoms with Gasteiger partial charge in [-0.05, 0) is 55.5 Å². The molecule has 0 saturated heterocycles. The molecule has 0 unspecified atom stereocenters. The monoisotopic (exact) mass is 434 g/mol. The van der Waals surface area contributed by atoms with Crippen LogP contribution in [0.3, 0.4) is 0 Å². The third kappa shape index (κ3) is 2.70. The Hall–Kier alpha value is -3.32. The van der Waals surface area contributed by atoms with Crippen LogP contribution in [0.25, 0.3) is 27.6 Å². The van der Waals surface area contributed by atoms with E-state index in [1.54, 1.807) is 12.1 Å². The Morgan fingerprint density at radius 1 is 1.09 bits per heavy atom. The maximum absolute atomic E-state index is 14.7. The lowest BCUT2D eigenvalue weighted by Gasteiger charge is -2.29. The van der Waals surface area contributed by atoms with Gasteiger partial charge in [0.2, 0.25) is 5.43 Å². The fraction of sp³-hybridized carbons (Fsp3) is 0.280. The SMILES string of the molecule is O=c1c2ccc3c(c2oc2cc(C4CCC4)n(-c4cccc(F)c4F)c(=O)c12)CNCC3. The van der Waals surface area contributed by atoms with Gasteiger partial charge >= 0.3 is 0 Å². The van der Waals surface area contributed by atoms with E-state index in [1.807, 2.05) is 6.07 Å². The van der Waals surface area contributed by atoms with Crippen LogP contribution in [0.1, 0.15) is 42.0 Å². The number of fused-ring (bicyclic) bond motifs is 4. The van der Waals surface area contributed by atoms with Gasteiger partial charge in [-0.25, -0.2) is 8.78 Å². The molecule has 6 rings (SSSR count). The number of hydrogen-bond acceptors (Lipinski definition) is 4. The zero-order chi connectivity index (χ0) is 22.0. The van der Waals surface area contributed by atoms with E-state index < -0.39 is 22.6 Å². The van der Waals surface area contributed by atoms with Gasteiger partial charge in [0.15, 0.2) is 11.6 Å². The quantitative estimate of drug-likeness (QED) is 0.478. The van der Waals surface area contributed by atoms with Crippen molar-refractivity contribution in [1.29, 1.82) is 0 Å². The number of halogens is 2. The first kappa shape index (κ1) is 19.4. The van der Waals surface area contributed by atoms with E-state index >= 15 is 0 Å². The molecule has 4 aromatic rings. The number of rotatable bonds is 2. The van der Waals surface area contributed by atoms with Crippen molar-refractivity contribution < 1.29 is 13.2 Å². The number of aromatic nitrogens is 1. The second-order valence-corrected chi connectivity index (χ2v) is 8.59. The van der Waals surface area contributed by atoms with Crippen LogP contribution >= 0.6 is 0 Å². The van der Waals surface area contributed by atoms with E-state index in [1.165, 1.54) is 12.1 Å². The highest BCUT2D eigenvalue weighted by Gasteiger charge is 2.28. The Morgan fingerprint density at radius 2 is 1.94 bits per heavy atom. The molecule has 1 aliphatic carbocycles. The van der Waals surface area contributed by atoms with Crippen LogP contribution in [-0.2, 0) is 13.0 Å². The van der Waals surface area contributed by atoms with E-state index in [0.29, 0.717) is 23.2 Å². The van der Waals surface area contributed by atoms with Crippen LogP contribution in [0.2, 0.25) is 0 Å². The van der Waals surface area contributed by atoms with E-state index in [4.69, 9.17) is 4.42 Å². The van der Waals surface area contributed by atoms with E-state index in [0.717, 1.165) is 54.0 Å². The molecule has 2 aliphatic rings. The number of nitrogens with one attached hydrogen (secondary N) is 1. The molecule has 0 bridgehead atoms. The van der Waals surface area contributed by atoms with Gasteiger partial charge in [0.1, 0.15) is 16.6 Å². The maximum atomic E-state index is 14.7. The van der Waals surface area contributed by atoms with Crippen LogP contribution in [0.4, 0.5) is 8.78 Å². The molecule has 0 radical (unpaired) electrons. The normalized spacial score (nSPS) is 16.3. The highest BCUT2D eigenvalue weighted by atomic mass is 19.2. The zero-order valence-corrected chi connectivity index (χ0v) is 17.2. The fourth-order valence-corrected chi connectivity index (χ4v) is 4.89. The van der Waals surface area contributed by atoms with E-state index in [-0.39, 0.29) is 22.6 Å². The summed E-state index contributed by atoms with van der Waals surface area (Å²) < 4.78 is 36.1. The van der Waals surface area contributed by atoms with Crippen molar-refractivity contribution in [3.05, 3.63) is 85.4 Å². The van der Waals surface area contributed by atoms with Crippen molar-refractivity contribution in [1.82, 2.24) is 9.88 Å². The smallest absolute Gasteiger partial charge is 0.270 e. The van der Waals surface area contributed by atoms with Crippen LogP contribution in [0, 0.1) is 11.6 Å². The molecule has 32 heavy (non-hydrogen) atoms. The van der Waals surface area contributed by atoms with Gasteiger partial charge in [-0.15, -0.1) is 0 Å². The summed E-state index contributed by atoms with van der Waals surface area (Å²) in [6.07, 6.45) is 3.49. The fourth-order valence-electron chi connectivity index (χ4n) is 4.89. The van der Waals surface area contributed by atoms with Crippen LogP contribution in [0.5, 0.6) is 0 Å². The molecule has 7 heteroatoms. The minimum atomic E-state index is -1.11. The second-order valence-electron chi connectivity index (χ2n) is 8.59. The molecule has 2 aromatic heterocycles. The Bertz CT molecular complexity index is 1530. The molecular weight excluding hydrogens is 414 g/mol.